The molecule has 2 heterocycles. The highest BCUT2D eigenvalue weighted by atomic mass is 32.1. The van der Waals surface area contributed by atoms with Gasteiger partial charge >= 0.3 is 0 Å². The Bertz CT molecular complexity index is 297. The summed E-state index contributed by atoms with van der Waals surface area (Å²) >= 11 is 1.77. The Balaban J connectivity index is 2.03. The number of piperidine rings is 1. The number of hydrogen-bond donors (Lipinski definition) is 1. The van der Waals surface area contributed by atoms with Crippen LogP contribution < -0.4 is 5.73 Å². The summed E-state index contributed by atoms with van der Waals surface area (Å²) < 4.78 is 0. The van der Waals surface area contributed by atoms with E-state index in [1.807, 2.05) is 0 Å². The van der Waals surface area contributed by atoms with Crippen LogP contribution in [0.4, 0.5) is 0 Å². The van der Waals surface area contributed by atoms with Crippen molar-refractivity contribution < 1.29 is 0 Å². The number of hydrogen-bond acceptors (Lipinski definition) is 3. The maximum atomic E-state index is 5.94. The van der Waals surface area contributed by atoms with Gasteiger partial charge in [0.25, 0.3) is 0 Å². The van der Waals surface area contributed by atoms with E-state index in [9.17, 15) is 0 Å². The van der Waals surface area contributed by atoms with Crippen LogP contribution in [0.15, 0.2) is 16.8 Å². The Hall–Kier alpha value is -0.380. The summed E-state index contributed by atoms with van der Waals surface area (Å²) in [5.41, 5.74) is 7.35. The number of rotatable bonds is 4. The predicted molar refractivity (Wildman–Crippen MR) is 70.7 cm³/mol. The highest BCUT2D eigenvalue weighted by Gasteiger charge is 2.25. The lowest BCUT2D eigenvalue weighted by Gasteiger charge is -2.37. The van der Waals surface area contributed by atoms with Gasteiger partial charge in [-0.3, -0.25) is 4.90 Å². The minimum Gasteiger partial charge on any atom is -0.329 e. The molecule has 1 saturated heterocycles. The fraction of sp³-hybridized carbons (Fsp3) is 0.692. The number of thiophene rings is 1. The molecule has 0 aliphatic carbocycles. The van der Waals surface area contributed by atoms with Crippen molar-refractivity contribution in [1.29, 1.82) is 0 Å². The molecule has 1 aliphatic heterocycles. The van der Waals surface area contributed by atoms with Gasteiger partial charge in [0.2, 0.25) is 0 Å². The van der Waals surface area contributed by atoms with Crippen molar-refractivity contribution in [2.75, 3.05) is 19.6 Å². The second kappa shape index (κ2) is 5.80. The van der Waals surface area contributed by atoms with Crippen molar-refractivity contribution >= 4 is 11.3 Å². The molecule has 0 spiro atoms. The molecule has 2 rings (SSSR count). The van der Waals surface area contributed by atoms with Gasteiger partial charge in [-0.05, 0) is 47.7 Å². The van der Waals surface area contributed by atoms with Crippen LogP contribution in [-0.2, 0) is 0 Å². The van der Waals surface area contributed by atoms with Gasteiger partial charge < -0.3 is 5.73 Å². The van der Waals surface area contributed by atoms with Crippen LogP contribution in [0.2, 0.25) is 0 Å². The molecule has 2 unspecified atom stereocenters. The van der Waals surface area contributed by atoms with Crippen LogP contribution in [0, 0.1) is 5.92 Å². The van der Waals surface area contributed by atoms with E-state index in [2.05, 4.69) is 28.7 Å². The molecule has 0 radical (unpaired) electrons. The smallest absolute Gasteiger partial charge is 0.0478 e. The first-order valence-electron chi connectivity index (χ1n) is 6.31. The molecule has 2 nitrogen and oxygen atoms in total. The fourth-order valence-corrected chi connectivity index (χ4v) is 3.38. The van der Waals surface area contributed by atoms with Crippen LogP contribution in [0.25, 0.3) is 0 Å². The first-order chi connectivity index (χ1) is 7.85. The molecule has 1 aromatic heterocycles. The largest absolute Gasteiger partial charge is 0.329 e. The Morgan fingerprint density at radius 1 is 1.62 bits per heavy atom. The Morgan fingerprint density at radius 2 is 2.50 bits per heavy atom. The molecule has 2 N–H and O–H groups in total. The van der Waals surface area contributed by atoms with Crippen LogP contribution in [0.3, 0.4) is 0 Å². The maximum absolute atomic E-state index is 5.94. The van der Waals surface area contributed by atoms with Gasteiger partial charge in [0.1, 0.15) is 0 Å². The topological polar surface area (TPSA) is 29.3 Å². The zero-order valence-electron chi connectivity index (χ0n) is 10.1. The minimum atomic E-state index is 0.445. The lowest BCUT2D eigenvalue weighted by Crippen LogP contribution is -2.40. The number of nitrogens with two attached hydrogens (primary N) is 1. The van der Waals surface area contributed by atoms with E-state index >= 15 is 0 Å². The van der Waals surface area contributed by atoms with Gasteiger partial charge in [-0.25, -0.2) is 0 Å². The van der Waals surface area contributed by atoms with Gasteiger partial charge in [-0.15, -0.1) is 0 Å². The third kappa shape index (κ3) is 2.65. The molecule has 0 bridgehead atoms. The Kier molecular flexibility index (Phi) is 4.38. The van der Waals surface area contributed by atoms with E-state index in [1.165, 1.54) is 37.9 Å². The number of likely N-dealkylation sites (tertiary alicyclic amines) is 1. The molecule has 0 saturated carbocycles. The van der Waals surface area contributed by atoms with E-state index in [4.69, 9.17) is 5.73 Å². The van der Waals surface area contributed by atoms with E-state index in [0.29, 0.717) is 6.04 Å². The molecular formula is C13H22N2S. The van der Waals surface area contributed by atoms with Crippen LogP contribution in [0.1, 0.15) is 37.8 Å². The molecule has 0 amide bonds. The van der Waals surface area contributed by atoms with Gasteiger partial charge in [0, 0.05) is 19.1 Å². The van der Waals surface area contributed by atoms with Gasteiger partial charge in [0.15, 0.2) is 0 Å². The van der Waals surface area contributed by atoms with Crippen molar-refractivity contribution in [3.8, 4) is 0 Å². The van der Waals surface area contributed by atoms with Crippen LogP contribution in [0.5, 0.6) is 0 Å². The molecule has 1 aromatic rings. The van der Waals surface area contributed by atoms with Crippen molar-refractivity contribution in [3.05, 3.63) is 22.4 Å². The SMILES string of the molecule is CCC1CCCN(C(CN)c2ccsc2)C1. The first-order valence-corrected chi connectivity index (χ1v) is 7.25. The highest BCUT2D eigenvalue weighted by molar-refractivity contribution is 7.07. The van der Waals surface area contributed by atoms with E-state index in [0.717, 1.165) is 12.5 Å². The average Bonchev–Trinajstić information content (AvgIpc) is 2.84. The zero-order chi connectivity index (χ0) is 11.4. The molecule has 16 heavy (non-hydrogen) atoms. The zero-order valence-corrected chi connectivity index (χ0v) is 10.9. The number of nitrogens with zero attached hydrogens (tertiary/aromatic N) is 1. The van der Waals surface area contributed by atoms with Gasteiger partial charge in [0.05, 0.1) is 0 Å². The lowest BCUT2D eigenvalue weighted by molar-refractivity contribution is 0.124. The minimum absolute atomic E-state index is 0.445. The molecule has 2 atom stereocenters. The summed E-state index contributed by atoms with van der Waals surface area (Å²) in [4.78, 5) is 2.58. The average molecular weight is 238 g/mol. The van der Waals surface area contributed by atoms with Gasteiger partial charge in [-0.2, -0.15) is 11.3 Å². The van der Waals surface area contributed by atoms with E-state index in [1.54, 1.807) is 11.3 Å². The molecule has 0 aromatic carbocycles. The molecule has 3 heteroatoms. The van der Waals surface area contributed by atoms with Crippen molar-refractivity contribution in [2.45, 2.75) is 32.2 Å². The fourth-order valence-electron chi connectivity index (χ4n) is 2.67. The first kappa shape index (κ1) is 12.1. The lowest BCUT2D eigenvalue weighted by atomic mass is 9.93. The third-order valence-corrected chi connectivity index (χ3v) is 4.42. The normalized spacial score (nSPS) is 24.5. The second-order valence-electron chi connectivity index (χ2n) is 4.72. The maximum Gasteiger partial charge on any atom is 0.0478 e. The van der Waals surface area contributed by atoms with Gasteiger partial charge in [-0.1, -0.05) is 13.3 Å². The Labute approximate surface area is 102 Å². The van der Waals surface area contributed by atoms with E-state index < -0.39 is 0 Å². The highest BCUT2D eigenvalue weighted by Crippen LogP contribution is 2.28. The molecule has 1 aliphatic rings. The van der Waals surface area contributed by atoms with Crippen LogP contribution in [-0.4, -0.2) is 24.5 Å². The molecule has 1 fully saturated rings. The van der Waals surface area contributed by atoms with Crippen molar-refractivity contribution in [1.82, 2.24) is 4.90 Å². The Morgan fingerprint density at radius 3 is 3.12 bits per heavy atom. The summed E-state index contributed by atoms with van der Waals surface area (Å²) in [7, 11) is 0. The van der Waals surface area contributed by atoms with Crippen molar-refractivity contribution in [3.63, 3.8) is 0 Å². The molecular weight excluding hydrogens is 216 g/mol. The van der Waals surface area contributed by atoms with Crippen molar-refractivity contribution in [2.24, 2.45) is 11.7 Å². The summed E-state index contributed by atoms with van der Waals surface area (Å²) in [5.74, 6) is 0.876. The van der Waals surface area contributed by atoms with Crippen LogP contribution >= 0.6 is 11.3 Å². The third-order valence-electron chi connectivity index (χ3n) is 3.72. The molecule has 90 valence electrons. The monoisotopic (exact) mass is 238 g/mol. The van der Waals surface area contributed by atoms with E-state index in [-0.39, 0.29) is 0 Å². The summed E-state index contributed by atoms with van der Waals surface area (Å²) in [6.07, 6.45) is 4.03. The second-order valence-corrected chi connectivity index (χ2v) is 5.50. The summed E-state index contributed by atoms with van der Waals surface area (Å²) in [6.45, 7) is 5.49. The summed E-state index contributed by atoms with van der Waals surface area (Å²) in [6, 6.07) is 2.66. The summed E-state index contributed by atoms with van der Waals surface area (Å²) in [5, 5.41) is 4.40. The standard InChI is InChI=1S/C13H22N2S/c1-2-11-4-3-6-15(9-11)13(8-14)12-5-7-16-10-12/h5,7,10-11,13H,2-4,6,8-9,14H2,1H3. The predicted octanol–water partition coefficient (Wildman–Crippen LogP) is 2.87. The quantitative estimate of drug-likeness (QED) is 0.874.